The number of benzene rings is 1. The maximum absolute atomic E-state index is 12.1. The van der Waals surface area contributed by atoms with Crippen LogP contribution < -0.4 is 5.73 Å². The van der Waals surface area contributed by atoms with Gasteiger partial charge in [-0.2, -0.15) is 0 Å². The molecule has 1 heterocycles. The molecule has 5 heteroatoms. The number of nitrogens with two attached hydrogens (primary N) is 1. The predicted molar refractivity (Wildman–Crippen MR) is 67.4 cm³/mol. The third-order valence-electron chi connectivity index (χ3n) is 3.65. The first-order chi connectivity index (χ1) is 8.35. The Morgan fingerprint density at radius 3 is 2.56 bits per heavy atom. The monoisotopic (exact) mass is 250 g/mol. The number of phenols is 2. The van der Waals surface area contributed by atoms with Crippen molar-refractivity contribution in [3.63, 3.8) is 0 Å². The van der Waals surface area contributed by atoms with Gasteiger partial charge in [0.2, 0.25) is 0 Å². The lowest BCUT2D eigenvalue weighted by atomic mass is 9.80. The largest absolute Gasteiger partial charge is 0.504 e. The van der Waals surface area contributed by atoms with Crippen molar-refractivity contribution < 1.29 is 15.0 Å². The van der Waals surface area contributed by atoms with Gasteiger partial charge in [-0.25, -0.2) is 0 Å². The fourth-order valence-corrected chi connectivity index (χ4v) is 2.05. The highest BCUT2D eigenvalue weighted by atomic mass is 16.3. The Bertz CT molecular complexity index is 479. The summed E-state index contributed by atoms with van der Waals surface area (Å²) < 4.78 is 0. The SMILES string of the molecule is CC(C)C1(N)CN(C(=O)c2cccc(O)c2O)C1. The summed E-state index contributed by atoms with van der Waals surface area (Å²) in [5.74, 6) is -0.671. The van der Waals surface area contributed by atoms with E-state index in [4.69, 9.17) is 5.73 Å². The van der Waals surface area contributed by atoms with Gasteiger partial charge in [0.1, 0.15) is 0 Å². The minimum Gasteiger partial charge on any atom is -0.504 e. The van der Waals surface area contributed by atoms with Gasteiger partial charge < -0.3 is 20.8 Å². The minimum atomic E-state index is -0.374. The number of phenolic OH excluding ortho intramolecular Hbond substituents is 2. The van der Waals surface area contributed by atoms with E-state index in [1.54, 1.807) is 4.90 Å². The van der Waals surface area contributed by atoms with Crippen LogP contribution in [0.2, 0.25) is 0 Å². The summed E-state index contributed by atoms with van der Waals surface area (Å²) in [6, 6.07) is 4.35. The van der Waals surface area contributed by atoms with Crippen molar-refractivity contribution in [2.75, 3.05) is 13.1 Å². The number of carbonyl (C=O) groups excluding carboxylic acids is 1. The summed E-state index contributed by atoms with van der Waals surface area (Å²) in [7, 11) is 0. The standard InChI is InChI=1S/C13H18N2O3/c1-8(2)13(14)6-15(7-13)12(18)9-4-3-5-10(16)11(9)17/h3-5,8,16-17H,6-7,14H2,1-2H3. The van der Waals surface area contributed by atoms with Gasteiger partial charge in [-0.3, -0.25) is 4.79 Å². The molecule has 5 nitrogen and oxygen atoms in total. The number of amides is 1. The molecule has 0 saturated carbocycles. The van der Waals surface area contributed by atoms with Crippen molar-refractivity contribution in [2.24, 2.45) is 11.7 Å². The molecule has 1 aliphatic rings. The molecule has 0 spiro atoms. The van der Waals surface area contributed by atoms with Crippen LogP contribution in [0.15, 0.2) is 18.2 Å². The fraction of sp³-hybridized carbons (Fsp3) is 0.462. The van der Waals surface area contributed by atoms with E-state index in [1.165, 1.54) is 18.2 Å². The van der Waals surface area contributed by atoms with Crippen molar-refractivity contribution in [2.45, 2.75) is 19.4 Å². The number of para-hydroxylation sites is 1. The Morgan fingerprint density at radius 2 is 2.00 bits per heavy atom. The van der Waals surface area contributed by atoms with E-state index < -0.39 is 0 Å². The lowest BCUT2D eigenvalue weighted by molar-refractivity contribution is 0.0272. The van der Waals surface area contributed by atoms with Gasteiger partial charge in [-0.1, -0.05) is 19.9 Å². The van der Waals surface area contributed by atoms with Gasteiger partial charge in [0.05, 0.1) is 11.1 Å². The summed E-state index contributed by atoms with van der Waals surface area (Å²) >= 11 is 0. The van der Waals surface area contributed by atoms with Crippen LogP contribution in [-0.2, 0) is 0 Å². The number of hydrogen-bond acceptors (Lipinski definition) is 4. The van der Waals surface area contributed by atoms with Crippen molar-refractivity contribution in [1.29, 1.82) is 0 Å². The second-order valence-electron chi connectivity index (χ2n) is 5.22. The molecule has 1 saturated heterocycles. The number of carbonyl (C=O) groups is 1. The van der Waals surface area contributed by atoms with E-state index in [1.807, 2.05) is 13.8 Å². The zero-order valence-corrected chi connectivity index (χ0v) is 10.6. The molecule has 0 atom stereocenters. The van der Waals surface area contributed by atoms with E-state index >= 15 is 0 Å². The second-order valence-corrected chi connectivity index (χ2v) is 5.22. The Labute approximate surface area is 106 Å². The van der Waals surface area contributed by atoms with Crippen molar-refractivity contribution >= 4 is 5.91 Å². The first-order valence-electron chi connectivity index (χ1n) is 5.94. The zero-order valence-electron chi connectivity index (χ0n) is 10.6. The van der Waals surface area contributed by atoms with Gasteiger partial charge in [-0.05, 0) is 18.1 Å². The number of nitrogens with zero attached hydrogens (tertiary/aromatic N) is 1. The normalized spacial score (nSPS) is 17.7. The average molecular weight is 250 g/mol. The van der Waals surface area contributed by atoms with Crippen LogP contribution in [-0.4, -0.2) is 39.6 Å². The van der Waals surface area contributed by atoms with Crippen molar-refractivity contribution in [1.82, 2.24) is 4.90 Å². The summed E-state index contributed by atoms with van der Waals surface area (Å²) in [4.78, 5) is 13.7. The van der Waals surface area contributed by atoms with E-state index in [0.29, 0.717) is 19.0 Å². The minimum absolute atomic E-state index is 0.112. The molecule has 0 bridgehead atoms. The molecule has 0 aromatic heterocycles. The molecule has 1 amide bonds. The molecule has 18 heavy (non-hydrogen) atoms. The second kappa shape index (κ2) is 4.17. The van der Waals surface area contributed by atoms with E-state index in [-0.39, 0.29) is 28.5 Å². The van der Waals surface area contributed by atoms with Gasteiger partial charge in [0, 0.05) is 13.1 Å². The lowest BCUT2D eigenvalue weighted by Gasteiger charge is -2.50. The van der Waals surface area contributed by atoms with E-state index in [2.05, 4.69) is 0 Å². The molecule has 0 radical (unpaired) electrons. The van der Waals surface area contributed by atoms with Gasteiger partial charge >= 0.3 is 0 Å². The molecular formula is C13H18N2O3. The third-order valence-corrected chi connectivity index (χ3v) is 3.65. The van der Waals surface area contributed by atoms with Gasteiger partial charge in [0.15, 0.2) is 11.5 Å². The van der Waals surface area contributed by atoms with E-state index in [0.717, 1.165) is 0 Å². The lowest BCUT2D eigenvalue weighted by Crippen LogP contribution is -2.71. The van der Waals surface area contributed by atoms with Crippen LogP contribution in [0, 0.1) is 5.92 Å². The maximum Gasteiger partial charge on any atom is 0.257 e. The highest BCUT2D eigenvalue weighted by Crippen LogP contribution is 2.32. The smallest absolute Gasteiger partial charge is 0.257 e. The van der Waals surface area contributed by atoms with Gasteiger partial charge in [-0.15, -0.1) is 0 Å². The number of rotatable bonds is 2. The molecule has 0 unspecified atom stereocenters. The molecule has 1 aliphatic heterocycles. The topological polar surface area (TPSA) is 86.8 Å². The van der Waals surface area contributed by atoms with E-state index in [9.17, 15) is 15.0 Å². The number of likely N-dealkylation sites (tertiary alicyclic amines) is 1. The molecular weight excluding hydrogens is 232 g/mol. The maximum atomic E-state index is 12.1. The van der Waals surface area contributed by atoms with Crippen molar-refractivity contribution in [3.8, 4) is 11.5 Å². The number of aromatic hydroxyl groups is 2. The molecule has 1 aromatic carbocycles. The van der Waals surface area contributed by atoms with Crippen LogP contribution in [0.25, 0.3) is 0 Å². The van der Waals surface area contributed by atoms with Crippen LogP contribution in [0.3, 0.4) is 0 Å². The fourth-order valence-electron chi connectivity index (χ4n) is 2.05. The Balaban J connectivity index is 2.13. The third kappa shape index (κ3) is 1.90. The molecule has 1 aromatic rings. The quantitative estimate of drug-likeness (QED) is 0.681. The molecule has 0 aliphatic carbocycles. The van der Waals surface area contributed by atoms with Crippen LogP contribution in [0.1, 0.15) is 24.2 Å². The Kier molecular flexibility index (Phi) is 2.94. The molecule has 98 valence electrons. The number of hydrogen-bond donors (Lipinski definition) is 3. The summed E-state index contributed by atoms with van der Waals surface area (Å²) in [5.41, 5.74) is 5.88. The Morgan fingerprint density at radius 1 is 1.39 bits per heavy atom. The summed E-state index contributed by atoms with van der Waals surface area (Å²) in [5, 5.41) is 19.0. The van der Waals surface area contributed by atoms with Crippen LogP contribution >= 0.6 is 0 Å². The molecule has 1 fully saturated rings. The first kappa shape index (κ1) is 12.7. The molecule has 2 rings (SSSR count). The van der Waals surface area contributed by atoms with Gasteiger partial charge in [0.25, 0.3) is 5.91 Å². The molecule has 4 N–H and O–H groups in total. The summed E-state index contributed by atoms with van der Waals surface area (Å²) in [6.07, 6.45) is 0. The van der Waals surface area contributed by atoms with Crippen LogP contribution in [0.4, 0.5) is 0 Å². The zero-order chi connectivity index (χ0) is 13.5. The highest BCUT2D eigenvalue weighted by molar-refractivity contribution is 5.98. The average Bonchev–Trinajstić information content (AvgIpc) is 2.27. The predicted octanol–water partition coefficient (Wildman–Crippen LogP) is 0.907. The van der Waals surface area contributed by atoms with Crippen molar-refractivity contribution in [3.05, 3.63) is 23.8 Å². The highest BCUT2D eigenvalue weighted by Gasteiger charge is 2.44. The first-order valence-corrected chi connectivity index (χ1v) is 5.94. The van der Waals surface area contributed by atoms with Crippen LogP contribution in [0.5, 0.6) is 11.5 Å². The summed E-state index contributed by atoms with van der Waals surface area (Å²) in [6.45, 7) is 4.98. The Hall–Kier alpha value is -1.75.